The van der Waals surface area contributed by atoms with Gasteiger partial charge in [0.2, 0.25) is 5.78 Å². The van der Waals surface area contributed by atoms with Crippen molar-refractivity contribution in [2.24, 2.45) is 0 Å². The smallest absolute Gasteiger partial charge is 0.232 e. The number of allylic oxidation sites excluding steroid dienone is 1. The second kappa shape index (κ2) is 8.21. The quantitative estimate of drug-likeness (QED) is 0.503. The normalized spacial score (nSPS) is 16.6. The molecule has 0 unspecified atom stereocenters. The molecule has 0 saturated carbocycles. The third-order valence-electron chi connectivity index (χ3n) is 5.45. The maximum absolute atomic E-state index is 13.2. The minimum Gasteiger partial charge on any atom is -0.493 e. The summed E-state index contributed by atoms with van der Waals surface area (Å²) in [5.41, 5.74) is 3.24. The maximum atomic E-state index is 13.2. The van der Waals surface area contributed by atoms with Crippen LogP contribution in [-0.2, 0) is 13.1 Å². The number of thiophene rings is 1. The van der Waals surface area contributed by atoms with Gasteiger partial charge < -0.3 is 14.2 Å². The fraction of sp³-hybridized carbons (Fsp3) is 0.240. The number of aryl methyl sites for hydroxylation is 1. The number of hydrogen-bond acceptors (Lipinski definition) is 6. The van der Waals surface area contributed by atoms with Gasteiger partial charge in [0, 0.05) is 23.5 Å². The monoisotopic (exact) mass is 433 g/mol. The molecule has 0 bridgehead atoms. The topological polar surface area (TPSA) is 48.0 Å². The van der Waals surface area contributed by atoms with Crippen LogP contribution >= 0.6 is 11.3 Å². The Hall–Kier alpha value is -3.09. The highest BCUT2D eigenvalue weighted by molar-refractivity contribution is 7.09. The van der Waals surface area contributed by atoms with E-state index in [1.165, 1.54) is 4.88 Å². The third-order valence-corrected chi connectivity index (χ3v) is 6.31. The fourth-order valence-corrected chi connectivity index (χ4v) is 4.77. The molecule has 5 nitrogen and oxygen atoms in total. The first-order valence-electron chi connectivity index (χ1n) is 10.3. The maximum Gasteiger partial charge on any atom is 0.232 e. The molecule has 0 saturated heterocycles. The van der Waals surface area contributed by atoms with Crippen molar-refractivity contribution in [2.75, 3.05) is 13.3 Å². The molecule has 0 radical (unpaired) electrons. The molecule has 158 valence electrons. The standard InChI is InChI=1S/C25H23NO4S/c1-3-28-20-9-5-4-7-17(20)12-22-24(27)23-16(2)11-21-19(25(23)30-22)14-26(15-29-21)13-18-8-6-10-31-18/h4-12H,3,13-15H2,1-2H3/b22-12-. The lowest BCUT2D eigenvalue weighted by molar-refractivity contribution is 0.0881. The Kier molecular flexibility index (Phi) is 5.26. The average Bonchev–Trinajstić information content (AvgIpc) is 3.39. The fourth-order valence-electron chi connectivity index (χ4n) is 4.03. The predicted molar refractivity (Wildman–Crippen MR) is 121 cm³/mol. The molecule has 3 heterocycles. The molecule has 0 spiro atoms. The van der Waals surface area contributed by atoms with E-state index >= 15 is 0 Å². The Labute approximate surface area is 185 Å². The second-order valence-corrected chi connectivity index (χ2v) is 8.66. The summed E-state index contributed by atoms with van der Waals surface area (Å²) in [4.78, 5) is 16.7. The van der Waals surface area contributed by atoms with Gasteiger partial charge in [-0.2, -0.15) is 0 Å². The number of rotatable bonds is 5. The van der Waals surface area contributed by atoms with Gasteiger partial charge in [-0.05, 0) is 49.1 Å². The number of fused-ring (bicyclic) bond motifs is 3. The molecule has 6 heteroatoms. The van der Waals surface area contributed by atoms with Crippen LogP contribution in [0.3, 0.4) is 0 Å². The van der Waals surface area contributed by atoms with Gasteiger partial charge >= 0.3 is 0 Å². The van der Waals surface area contributed by atoms with E-state index in [1.807, 2.05) is 44.2 Å². The van der Waals surface area contributed by atoms with Crippen molar-refractivity contribution in [2.45, 2.75) is 26.9 Å². The Morgan fingerprint density at radius 3 is 2.90 bits per heavy atom. The van der Waals surface area contributed by atoms with Crippen molar-refractivity contribution < 1.29 is 19.0 Å². The lowest BCUT2D eigenvalue weighted by atomic mass is 9.98. The van der Waals surface area contributed by atoms with Crippen LogP contribution in [0.4, 0.5) is 0 Å². The van der Waals surface area contributed by atoms with E-state index in [1.54, 1.807) is 17.4 Å². The van der Waals surface area contributed by atoms with Gasteiger partial charge in [0.15, 0.2) is 5.76 Å². The number of carbonyl (C=O) groups excluding carboxylic acids is 1. The number of benzene rings is 2. The highest BCUT2D eigenvalue weighted by atomic mass is 32.1. The van der Waals surface area contributed by atoms with Gasteiger partial charge in [0.1, 0.15) is 24.0 Å². The Morgan fingerprint density at radius 1 is 1.23 bits per heavy atom. The van der Waals surface area contributed by atoms with Crippen molar-refractivity contribution in [1.29, 1.82) is 0 Å². The van der Waals surface area contributed by atoms with Crippen LogP contribution in [0.15, 0.2) is 53.6 Å². The zero-order valence-corrected chi connectivity index (χ0v) is 18.3. The summed E-state index contributed by atoms with van der Waals surface area (Å²) < 4.78 is 17.9. The molecule has 0 fully saturated rings. The first-order valence-corrected chi connectivity index (χ1v) is 11.2. The molecule has 0 aliphatic carbocycles. The molecular weight excluding hydrogens is 410 g/mol. The Balaban J connectivity index is 1.48. The minimum absolute atomic E-state index is 0.100. The van der Waals surface area contributed by atoms with E-state index in [0.717, 1.165) is 34.7 Å². The first-order chi connectivity index (χ1) is 15.1. The van der Waals surface area contributed by atoms with Crippen molar-refractivity contribution in [1.82, 2.24) is 4.90 Å². The van der Waals surface area contributed by atoms with E-state index in [9.17, 15) is 4.79 Å². The number of nitrogens with zero attached hydrogens (tertiary/aromatic N) is 1. The number of hydrogen-bond donors (Lipinski definition) is 0. The van der Waals surface area contributed by atoms with E-state index in [0.29, 0.717) is 37.0 Å². The summed E-state index contributed by atoms with van der Waals surface area (Å²) in [6.07, 6.45) is 1.77. The van der Waals surface area contributed by atoms with Gasteiger partial charge in [-0.1, -0.05) is 24.3 Å². The number of para-hydroxylation sites is 1. The summed E-state index contributed by atoms with van der Waals surface area (Å²) >= 11 is 1.73. The molecule has 0 atom stereocenters. The lowest BCUT2D eigenvalue weighted by Crippen LogP contribution is -2.31. The van der Waals surface area contributed by atoms with E-state index < -0.39 is 0 Å². The van der Waals surface area contributed by atoms with Gasteiger partial charge in [-0.3, -0.25) is 9.69 Å². The van der Waals surface area contributed by atoms with E-state index in [2.05, 4.69) is 22.4 Å². The molecule has 0 N–H and O–H groups in total. The average molecular weight is 434 g/mol. The van der Waals surface area contributed by atoms with Gasteiger partial charge in [0.05, 0.1) is 17.7 Å². The van der Waals surface area contributed by atoms with Crippen molar-refractivity contribution in [3.8, 4) is 17.2 Å². The second-order valence-electron chi connectivity index (χ2n) is 7.62. The van der Waals surface area contributed by atoms with E-state index in [4.69, 9.17) is 14.2 Å². The van der Waals surface area contributed by atoms with E-state index in [-0.39, 0.29) is 5.78 Å². The molecule has 2 aromatic carbocycles. The van der Waals surface area contributed by atoms with Crippen LogP contribution in [0.5, 0.6) is 17.2 Å². The molecule has 2 aliphatic heterocycles. The number of carbonyl (C=O) groups is 1. The summed E-state index contributed by atoms with van der Waals surface area (Å²) in [7, 11) is 0. The summed E-state index contributed by atoms with van der Waals surface area (Å²) in [6, 6.07) is 13.8. The highest BCUT2D eigenvalue weighted by Gasteiger charge is 2.35. The number of Topliss-reactive ketones (excluding diaryl/α,β-unsaturated/α-hetero) is 1. The molecule has 1 aromatic heterocycles. The zero-order valence-electron chi connectivity index (χ0n) is 17.5. The Morgan fingerprint density at radius 2 is 2.10 bits per heavy atom. The summed E-state index contributed by atoms with van der Waals surface area (Å²) in [5, 5.41) is 2.08. The van der Waals surface area contributed by atoms with Crippen LogP contribution < -0.4 is 14.2 Å². The van der Waals surface area contributed by atoms with Crippen LogP contribution in [0.25, 0.3) is 6.08 Å². The summed E-state index contributed by atoms with van der Waals surface area (Å²) in [6.45, 7) is 6.41. The lowest BCUT2D eigenvalue weighted by Gasteiger charge is -2.29. The zero-order chi connectivity index (χ0) is 21.4. The van der Waals surface area contributed by atoms with Crippen LogP contribution in [0.2, 0.25) is 0 Å². The SMILES string of the molecule is CCOc1ccccc1/C=C1\Oc2c3c(cc(C)c2C1=O)OCN(Cc1cccs1)C3. The molecule has 3 aromatic rings. The highest BCUT2D eigenvalue weighted by Crippen LogP contribution is 2.44. The third kappa shape index (κ3) is 3.73. The number of ketones is 1. The molecular formula is C25H23NO4S. The first kappa shape index (κ1) is 19.8. The van der Waals surface area contributed by atoms with Gasteiger partial charge in [-0.25, -0.2) is 0 Å². The summed E-state index contributed by atoms with van der Waals surface area (Å²) in [5.74, 6) is 2.36. The van der Waals surface area contributed by atoms with Crippen molar-refractivity contribution in [3.63, 3.8) is 0 Å². The molecule has 31 heavy (non-hydrogen) atoms. The van der Waals surface area contributed by atoms with Crippen molar-refractivity contribution >= 4 is 23.2 Å². The van der Waals surface area contributed by atoms with Gasteiger partial charge in [-0.15, -0.1) is 11.3 Å². The minimum atomic E-state index is -0.100. The number of ether oxygens (including phenoxy) is 3. The molecule has 0 amide bonds. The predicted octanol–water partition coefficient (Wildman–Crippen LogP) is 5.42. The molecule has 2 aliphatic rings. The Bertz CT molecular complexity index is 1170. The van der Waals surface area contributed by atoms with Crippen molar-refractivity contribution in [3.05, 3.63) is 80.7 Å². The van der Waals surface area contributed by atoms with Crippen LogP contribution in [0.1, 0.15) is 38.8 Å². The molecule has 5 rings (SSSR count). The van der Waals surface area contributed by atoms with Crippen LogP contribution in [0, 0.1) is 6.92 Å². The van der Waals surface area contributed by atoms with Crippen LogP contribution in [-0.4, -0.2) is 24.0 Å². The van der Waals surface area contributed by atoms with Gasteiger partial charge in [0.25, 0.3) is 0 Å². The largest absolute Gasteiger partial charge is 0.493 e.